The Balaban J connectivity index is 1.76. The molecule has 3 heteroatoms. The molecule has 146 valence electrons. The van der Waals surface area contributed by atoms with Crippen LogP contribution in [-0.2, 0) is 11.3 Å². The summed E-state index contributed by atoms with van der Waals surface area (Å²) in [5.41, 5.74) is 4.53. The second kappa shape index (κ2) is 9.91. The third-order valence-electron chi connectivity index (χ3n) is 5.89. The summed E-state index contributed by atoms with van der Waals surface area (Å²) in [4.78, 5) is 0. The van der Waals surface area contributed by atoms with Gasteiger partial charge in [0.05, 0.1) is 13.2 Å². The molecule has 0 saturated heterocycles. The van der Waals surface area contributed by atoms with E-state index in [1.807, 2.05) is 18.2 Å². The fourth-order valence-corrected chi connectivity index (χ4v) is 4.10. The molecule has 3 nitrogen and oxygen atoms in total. The minimum absolute atomic E-state index is 0.0142. The van der Waals surface area contributed by atoms with Crippen LogP contribution in [0.3, 0.4) is 0 Å². The topological polar surface area (TPSA) is 38.7 Å². The monoisotopic (exact) mass is 368 g/mol. The number of rotatable bonds is 8. The number of hydrogen-bond donors (Lipinski definition) is 1. The lowest BCUT2D eigenvalue weighted by molar-refractivity contribution is 0.146. The summed E-state index contributed by atoms with van der Waals surface area (Å²) < 4.78 is 11.0. The van der Waals surface area contributed by atoms with E-state index in [1.165, 1.54) is 37.7 Å². The van der Waals surface area contributed by atoms with Crippen LogP contribution >= 0.6 is 0 Å². The third-order valence-corrected chi connectivity index (χ3v) is 5.89. The van der Waals surface area contributed by atoms with Gasteiger partial charge >= 0.3 is 0 Å². The van der Waals surface area contributed by atoms with Crippen LogP contribution in [0.4, 0.5) is 0 Å². The minimum atomic E-state index is 0.0142. The molecule has 2 aromatic carbocycles. The molecule has 27 heavy (non-hydrogen) atoms. The fourth-order valence-electron chi connectivity index (χ4n) is 4.10. The van der Waals surface area contributed by atoms with Crippen molar-refractivity contribution in [3.8, 4) is 16.9 Å². The van der Waals surface area contributed by atoms with E-state index in [9.17, 15) is 5.11 Å². The van der Waals surface area contributed by atoms with Gasteiger partial charge in [-0.3, -0.25) is 0 Å². The number of methoxy groups -OCH3 is 1. The molecule has 0 bridgehead atoms. The molecule has 1 N–H and O–H groups in total. The summed E-state index contributed by atoms with van der Waals surface area (Å²) in [6.45, 7) is 3.37. The molecule has 1 aliphatic rings. The number of hydrogen-bond acceptors (Lipinski definition) is 3. The Bertz CT molecular complexity index is 700. The van der Waals surface area contributed by atoms with Crippen molar-refractivity contribution in [1.82, 2.24) is 0 Å². The normalized spacial score (nSPS) is 19.8. The highest BCUT2D eigenvalue weighted by Crippen LogP contribution is 2.38. The molecule has 3 rings (SSSR count). The maximum Gasteiger partial charge on any atom is 0.127 e. The van der Waals surface area contributed by atoms with Crippen molar-refractivity contribution in [3.63, 3.8) is 0 Å². The number of ether oxygens (including phenoxy) is 2. The lowest BCUT2D eigenvalue weighted by Crippen LogP contribution is -2.12. The number of aliphatic hydroxyl groups excluding tert-OH is 1. The zero-order valence-corrected chi connectivity index (χ0v) is 16.6. The van der Waals surface area contributed by atoms with E-state index in [0.717, 1.165) is 28.4 Å². The van der Waals surface area contributed by atoms with Gasteiger partial charge in [0, 0.05) is 12.7 Å². The SMILES string of the molecule is CCC1CCC(c2ccc(-c3ccc(CO)cc3OCCOC)cc2)CC1. The molecule has 0 spiro atoms. The summed E-state index contributed by atoms with van der Waals surface area (Å²) in [5.74, 6) is 2.43. The predicted octanol–water partition coefficient (Wildman–Crippen LogP) is 5.55. The van der Waals surface area contributed by atoms with E-state index in [0.29, 0.717) is 19.1 Å². The average Bonchev–Trinajstić information content (AvgIpc) is 2.74. The van der Waals surface area contributed by atoms with Crippen LogP contribution in [0.2, 0.25) is 0 Å². The Kier molecular flexibility index (Phi) is 7.31. The first-order chi connectivity index (χ1) is 13.2. The lowest BCUT2D eigenvalue weighted by atomic mass is 9.77. The molecule has 1 aliphatic carbocycles. The molecular formula is C24H32O3. The predicted molar refractivity (Wildman–Crippen MR) is 110 cm³/mol. The van der Waals surface area contributed by atoms with E-state index in [-0.39, 0.29) is 6.61 Å². The summed E-state index contributed by atoms with van der Waals surface area (Å²) in [7, 11) is 1.67. The summed E-state index contributed by atoms with van der Waals surface area (Å²) in [6.07, 6.45) is 6.68. The van der Waals surface area contributed by atoms with E-state index < -0.39 is 0 Å². The first kappa shape index (κ1) is 19.9. The fraction of sp³-hybridized carbons (Fsp3) is 0.500. The molecule has 0 unspecified atom stereocenters. The molecule has 0 atom stereocenters. The van der Waals surface area contributed by atoms with Gasteiger partial charge < -0.3 is 14.6 Å². The standard InChI is InChI=1S/C24H32O3/c1-3-18-4-7-20(8-5-18)21-9-11-22(12-10-21)23-13-6-19(17-25)16-24(23)27-15-14-26-2/h6,9-13,16,18,20,25H,3-5,7-8,14-15,17H2,1-2H3. The van der Waals surface area contributed by atoms with Gasteiger partial charge in [-0.25, -0.2) is 0 Å². The van der Waals surface area contributed by atoms with E-state index in [1.54, 1.807) is 7.11 Å². The van der Waals surface area contributed by atoms with Gasteiger partial charge in [0.1, 0.15) is 12.4 Å². The van der Waals surface area contributed by atoms with Crippen molar-refractivity contribution < 1.29 is 14.6 Å². The van der Waals surface area contributed by atoms with E-state index in [4.69, 9.17) is 9.47 Å². The molecular weight excluding hydrogens is 336 g/mol. The van der Waals surface area contributed by atoms with Crippen LogP contribution in [0.15, 0.2) is 42.5 Å². The maximum absolute atomic E-state index is 9.43. The number of aliphatic hydroxyl groups is 1. The van der Waals surface area contributed by atoms with Gasteiger partial charge in [-0.15, -0.1) is 0 Å². The lowest BCUT2D eigenvalue weighted by Gasteiger charge is -2.28. The molecule has 0 amide bonds. The Hall–Kier alpha value is -1.84. The zero-order chi connectivity index (χ0) is 19.1. The van der Waals surface area contributed by atoms with Crippen LogP contribution < -0.4 is 4.74 Å². The smallest absolute Gasteiger partial charge is 0.127 e. The highest BCUT2D eigenvalue weighted by Gasteiger charge is 2.21. The highest BCUT2D eigenvalue weighted by atomic mass is 16.5. The Morgan fingerprint density at radius 2 is 1.70 bits per heavy atom. The first-order valence-electron chi connectivity index (χ1n) is 10.2. The van der Waals surface area contributed by atoms with Crippen LogP contribution in [0, 0.1) is 5.92 Å². The first-order valence-corrected chi connectivity index (χ1v) is 10.2. The maximum atomic E-state index is 9.43. The van der Waals surface area contributed by atoms with Crippen molar-refractivity contribution in [1.29, 1.82) is 0 Å². The molecule has 1 fully saturated rings. The summed E-state index contributed by atoms with van der Waals surface area (Å²) in [6, 6.07) is 14.9. The van der Waals surface area contributed by atoms with Crippen molar-refractivity contribution in [2.45, 2.75) is 51.6 Å². The van der Waals surface area contributed by atoms with Gasteiger partial charge in [0.15, 0.2) is 0 Å². The van der Waals surface area contributed by atoms with Crippen LogP contribution in [0.5, 0.6) is 5.75 Å². The quantitative estimate of drug-likeness (QED) is 0.620. The van der Waals surface area contributed by atoms with Crippen molar-refractivity contribution >= 4 is 0 Å². The highest BCUT2D eigenvalue weighted by molar-refractivity contribution is 5.71. The molecule has 1 saturated carbocycles. The van der Waals surface area contributed by atoms with E-state index >= 15 is 0 Å². The van der Waals surface area contributed by atoms with Gasteiger partial charge in [0.2, 0.25) is 0 Å². The van der Waals surface area contributed by atoms with Gasteiger partial charge in [-0.05, 0) is 60.3 Å². The van der Waals surface area contributed by atoms with Crippen molar-refractivity contribution in [2.24, 2.45) is 5.92 Å². The molecule has 0 radical (unpaired) electrons. The van der Waals surface area contributed by atoms with Crippen LogP contribution in [0.1, 0.15) is 56.1 Å². The Labute approximate surface area is 163 Å². The van der Waals surface area contributed by atoms with Crippen molar-refractivity contribution in [2.75, 3.05) is 20.3 Å². The second-order valence-corrected chi connectivity index (χ2v) is 7.58. The van der Waals surface area contributed by atoms with Gasteiger partial charge in [0.25, 0.3) is 0 Å². The van der Waals surface area contributed by atoms with Crippen LogP contribution in [-0.4, -0.2) is 25.4 Å². The summed E-state index contributed by atoms with van der Waals surface area (Å²) in [5, 5.41) is 9.43. The van der Waals surface area contributed by atoms with Gasteiger partial charge in [-0.2, -0.15) is 0 Å². The molecule has 0 heterocycles. The second-order valence-electron chi connectivity index (χ2n) is 7.58. The zero-order valence-electron chi connectivity index (χ0n) is 16.6. The third kappa shape index (κ3) is 5.12. The van der Waals surface area contributed by atoms with Crippen molar-refractivity contribution in [3.05, 3.63) is 53.6 Å². The van der Waals surface area contributed by atoms with E-state index in [2.05, 4.69) is 31.2 Å². The van der Waals surface area contributed by atoms with Crippen LogP contribution in [0.25, 0.3) is 11.1 Å². The summed E-state index contributed by atoms with van der Waals surface area (Å²) >= 11 is 0. The molecule has 0 aromatic heterocycles. The Morgan fingerprint density at radius 1 is 0.963 bits per heavy atom. The number of benzene rings is 2. The molecule has 2 aromatic rings. The average molecular weight is 369 g/mol. The largest absolute Gasteiger partial charge is 0.491 e. The molecule has 0 aliphatic heterocycles. The Morgan fingerprint density at radius 3 is 2.33 bits per heavy atom. The van der Waals surface area contributed by atoms with Gasteiger partial charge in [-0.1, -0.05) is 49.7 Å². The minimum Gasteiger partial charge on any atom is -0.491 e.